The van der Waals surface area contributed by atoms with Gasteiger partial charge in [0.1, 0.15) is 6.54 Å². The van der Waals surface area contributed by atoms with E-state index in [1.807, 2.05) is 19.1 Å². The number of carbonyl (C=O) groups excluding carboxylic acids is 1. The molecule has 0 saturated carbocycles. The highest BCUT2D eigenvalue weighted by Crippen LogP contribution is 2.28. The number of ether oxygens (including phenoxy) is 2. The molecular formula is C23H35IN4O3S. The molecule has 178 valence electrons. The van der Waals surface area contributed by atoms with E-state index >= 15 is 0 Å². The molecule has 32 heavy (non-hydrogen) atoms. The number of likely N-dealkylation sites (N-methyl/N-ethyl adjacent to an activating group) is 1. The van der Waals surface area contributed by atoms with Crippen molar-refractivity contribution in [2.24, 2.45) is 4.99 Å². The second-order valence-corrected chi connectivity index (χ2v) is 8.19. The zero-order valence-corrected chi connectivity index (χ0v) is 22.5. The predicted octanol–water partition coefficient (Wildman–Crippen LogP) is 3.57. The molecular weight excluding hydrogens is 539 g/mol. The summed E-state index contributed by atoms with van der Waals surface area (Å²) in [7, 11) is 5.12. The second kappa shape index (κ2) is 15.7. The van der Waals surface area contributed by atoms with E-state index in [1.165, 1.54) is 10.4 Å². The van der Waals surface area contributed by atoms with Crippen molar-refractivity contribution in [2.45, 2.75) is 26.2 Å². The second-order valence-electron chi connectivity index (χ2n) is 7.16. The summed E-state index contributed by atoms with van der Waals surface area (Å²) < 4.78 is 11.0. The van der Waals surface area contributed by atoms with Crippen molar-refractivity contribution in [3.05, 3.63) is 46.2 Å². The first-order valence-corrected chi connectivity index (χ1v) is 11.5. The number of aryl methyl sites for hydroxylation is 1. The van der Waals surface area contributed by atoms with Crippen LogP contribution in [0.25, 0.3) is 0 Å². The van der Waals surface area contributed by atoms with Crippen molar-refractivity contribution in [1.82, 2.24) is 15.5 Å². The topological polar surface area (TPSA) is 75.2 Å². The number of hydrogen-bond acceptors (Lipinski definition) is 5. The van der Waals surface area contributed by atoms with E-state index in [0.29, 0.717) is 12.6 Å². The molecule has 7 nitrogen and oxygen atoms in total. The minimum absolute atomic E-state index is 0. The number of aliphatic imine (C=N–C) groups is 1. The summed E-state index contributed by atoms with van der Waals surface area (Å²) in [5, 5.41) is 8.75. The zero-order chi connectivity index (χ0) is 22.5. The quantitative estimate of drug-likeness (QED) is 0.176. The third kappa shape index (κ3) is 10.1. The van der Waals surface area contributed by atoms with Crippen molar-refractivity contribution >= 4 is 47.2 Å². The molecule has 0 radical (unpaired) electrons. The number of rotatable bonds is 12. The molecule has 2 rings (SSSR count). The lowest BCUT2D eigenvalue weighted by molar-refractivity contribution is -0.127. The largest absolute Gasteiger partial charge is 0.493 e. The normalized spacial score (nSPS) is 10.8. The number of methoxy groups -OCH3 is 1. The molecule has 1 amide bonds. The van der Waals surface area contributed by atoms with Crippen LogP contribution in [-0.4, -0.2) is 64.2 Å². The number of hydrogen-bond donors (Lipinski definition) is 2. The third-order valence-corrected chi connectivity index (χ3v) is 5.51. The molecule has 1 aromatic carbocycles. The summed E-state index contributed by atoms with van der Waals surface area (Å²) >= 11 is 1.74. The summed E-state index contributed by atoms with van der Waals surface area (Å²) in [6, 6.07) is 10.2. The lowest BCUT2D eigenvalue weighted by atomic mass is 10.1. The molecule has 1 heterocycles. The maximum absolute atomic E-state index is 11.9. The summed E-state index contributed by atoms with van der Waals surface area (Å²) in [6.07, 6.45) is 2.74. The van der Waals surface area contributed by atoms with Crippen LogP contribution in [0.1, 0.15) is 23.8 Å². The van der Waals surface area contributed by atoms with Gasteiger partial charge in [0.2, 0.25) is 5.91 Å². The Balaban J connectivity index is 0.00000512. The fourth-order valence-electron chi connectivity index (χ4n) is 2.87. The first-order chi connectivity index (χ1) is 15.0. The van der Waals surface area contributed by atoms with Crippen molar-refractivity contribution in [3.63, 3.8) is 0 Å². The molecule has 1 aromatic heterocycles. The molecule has 0 aliphatic heterocycles. The van der Waals surface area contributed by atoms with E-state index in [2.05, 4.69) is 39.2 Å². The van der Waals surface area contributed by atoms with Gasteiger partial charge < -0.3 is 25.0 Å². The molecule has 0 spiro atoms. The van der Waals surface area contributed by atoms with Crippen molar-refractivity contribution < 1.29 is 14.3 Å². The minimum atomic E-state index is -0.0268. The minimum Gasteiger partial charge on any atom is -0.493 e. The monoisotopic (exact) mass is 574 g/mol. The van der Waals surface area contributed by atoms with Crippen molar-refractivity contribution in [1.29, 1.82) is 0 Å². The molecule has 0 aliphatic rings. The molecule has 0 aliphatic carbocycles. The predicted molar refractivity (Wildman–Crippen MR) is 143 cm³/mol. The van der Waals surface area contributed by atoms with E-state index in [-0.39, 0.29) is 36.4 Å². The highest BCUT2D eigenvalue weighted by molar-refractivity contribution is 14.0. The van der Waals surface area contributed by atoms with E-state index < -0.39 is 0 Å². The Kier molecular flexibility index (Phi) is 13.8. The fourth-order valence-corrected chi connectivity index (χ4v) is 3.57. The molecule has 9 heteroatoms. The number of nitrogens with zero attached hydrogens (tertiary/aromatic N) is 2. The highest BCUT2D eigenvalue weighted by atomic mass is 127. The van der Waals surface area contributed by atoms with Crippen LogP contribution in [0.15, 0.2) is 40.7 Å². The first kappa shape index (κ1) is 28.0. The van der Waals surface area contributed by atoms with Crippen LogP contribution in [0.3, 0.4) is 0 Å². The number of benzene rings is 1. The van der Waals surface area contributed by atoms with Gasteiger partial charge in [0, 0.05) is 32.1 Å². The van der Waals surface area contributed by atoms with Gasteiger partial charge in [-0.15, -0.1) is 35.3 Å². The lowest BCUT2D eigenvalue weighted by Gasteiger charge is -2.14. The van der Waals surface area contributed by atoms with Crippen molar-refractivity contribution in [3.8, 4) is 11.5 Å². The first-order valence-electron chi connectivity index (χ1n) is 10.6. The Labute approximate surface area is 212 Å². The standard InChI is InChI=1S/C23H34N4O3S.HI/c1-5-30-21-16-18(10-11-20(21)29-4)8-6-13-24-23(26-17-22(28)27(2)3)25-14-12-19-9-7-15-31-19;/h7,9-11,15-16H,5-6,8,12-14,17H2,1-4H3,(H2,24,25,26);1H. The van der Waals surface area contributed by atoms with Gasteiger partial charge in [-0.05, 0) is 55.3 Å². The molecule has 0 fully saturated rings. The van der Waals surface area contributed by atoms with Gasteiger partial charge >= 0.3 is 0 Å². The summed E-state index contributed by atoms with van der Waals surface area (Å²) in [5.74, 6) is 2.16. The zero-order valence-electron chi connectivity index (χ0n) is 19.3. The molecule has 2 aromatic rings. The van der Waals surface area contributed by atoms with E-state index in [4.69, 9.17) is 9.47 Å². The van der Waals surface area contributed by atoms with E-state index in [0.717, 1.165) is 43.9 Å². The Hall–Kier alpha value is -2.01. The van der Waals surface area contributed by atoms with Crippen LogP contribution in [0.5, 0.6) is 11.5 Å². The maximum Gasteiger partial charge on any atom is 0.243 e. The summed E-state index contributed by atoms with van der Waals surface area (Å²) in [6.45, 7) is 4.20. The van der Waals surface area contributed by atoms with Crippen LogP contribution in [0.2, 0.25) is 0 Å². The van der Waals surface area contributed by atoms with Crippen LogP contribution in [-0.2, 0) is 17.6 Å². The number of halogens is 1. The summed E-state index contributed by atoms with van der Waals surface area (Å²) in [4.78, 5) is 19.2. The SMILES string of the molecule is CCOc1cc(CCCNC(=NCC(=O)N(C)C)NCCc2cccs2)ccc1OC.I. The van der Waals surface area contributed by atoms with Crippen LogP contribution >= 0.6 is 35.3 Å². The average molecular weight is 575 g/mol. The van der Waals surface area contributed by atoms with Gasteiger partial charge in [0.05, 0.1) is 13.7 Å². The molecule has 0 atom stereocenters. The van der Waals surface area contributed by atoms with Gasteiger partial charge in [0.25, 0.3) is 0 Å². The van der Waals surface area contributed by atoms with Crippen LogP contribution < -0.4 is 20.1 Å². The number of nitrogens with one attached hydrogen (secondary N) is 2. The Bertz CT molecular complexity index is 829. The Morgan fingerprint density at radius 1 is 1.12 bits per heavy atom. The summed E-state index contributed by atoms with van der Waals surface area (Å²) in [5.41, 5.74) is 1.19. The van der Waals surface area contributed by atoms with E-state index in [9.17, 15) is 4.79 Å². The maximum atomic E-state index is 11.9. The Morgan fingerprint density at radius 3 is 2.56 bits per heavy atom. The van der Waals surface area contributed by atoms with E-state index in [1.54, 1.807) is 37.4 Å². The third-order valence-electron chi connectivity index (χ3n) is 4.58. The fraction of sp³-hybridized carbons (Fsp3) is 0.478. The van der Waals surface area contributed by atoms with Crippen LogP contribution in [0, 0.1) is 0 Å². The van der Waals surface area contributed by atoms with Gasteiger partial charge in [-0.2, -0.15) is 0 Å². The Morgan fingerprint density at radius 2 is 1.91 bits per heavy atom. The van der Waals surface area contributed by atoms with Gasteiger partial charge in [-0.1, -0.05) is 12.1 Å². The number of thiophene rings is 1. The van der Waals surface area contributed by atoms with Gasteiger partial charge in [-0.25, -0.2) is 4.99 Å². The lowest BCUT2D eigenvalue weighted by Crippen LogP contribution is -2.40. The van der Waals surface area contributed by atoms with Crippen LogP contribution in [0.4, 0.5) is 0 Å². The molecule has 0 saturated heterocycles. The highest BCUT2D eigenvalue weighted by Gasteiger charge is 2.07. The number of guanidine groups is 1. The molecule has 2 N–H and O–H groups in total. The van der Waals surface area contributed by atoms with Gasteiger partial charge in [-0.3, -0.25) is 4.79 Å². The molecule has 0 unspecified atom stereocenters. The smallest absolute Gasteiger partial charge is 0.243 e. The number of amides is 1. The van der Waals surface area contributed by atoms with Gasteiger partial charge in [0.15, 0.2) is 17.5 Å². The van der Waals surface area contributed by atoms with Crippen molar-refractivity contribution in [2.75, 3.05) is 47.4 Å². The number of carbonyl (C=O) groups is 1. The average Bonchev–Trinajstić information content (AvgIpc) is 3.28. The molecule has 0 bridgehead atoms.